The van der Waals surface area contributed by atoms with Gasteiger partial charge < -0.3 is 23.7 Å². The van der Waals surface area contributed by atoms with E-state index in [1.165, 1.54) is 116 Å². The van der Waals surface area contributed by atoms with Gasteiger partial charge in [-0.15, -0.1) is 0 Å². The van der Waals surface area contributed by atoms with Crippen LogP contribution in [0.5, 0.6) is 0 Å². The summed E-state index contributed by atoms with van der Waals surface area (Å²) in [6.07, 6.45) is 28.9. The van der Waals surface area contributed by atoms with Gasteiger partial charge in [-0.05, 0) is 19.3 Å². The molecule has 246 valence electrons. The van der Waals surface area contributed by atoms with Gasteiger partial charge in [-0.25, -0.2) is 0 Å². The number of hydrogen-bond acceptors (Lipinski definition) is 6. The maximum Gasteiger partial charge on any atom is 0.305 e. The number of hydrogen-bond donors (Lipinski definition) is 0. The lowest BCUT2D eigenvalue weighted by atomic mass is 10.0. The largest absolute Gasteiger partial charge is 0.466 e. The van der Waals surface area contributed by atoms with E-state index in [4.69, 9.17) is 23.7 Å². The molecule has 0 heterocycles. The first-order valence-electron chi connectivity index (χ1n) is 17.8. The van der Waals surface area contributed by atoms with E-state index in [1.807, 2.05) is 0 Å². The number of esters is 1. The van der Waals surface area contributed by atoms with Crippen LogP contribution < -0.4 is 0 Å². The zero-order valence-electron chi connectivity index (χ0n) is 27.6. The van der Waals surface area contributed by atoms with Gasteiger partial charge in [-0.3, -0.25) is 4.79 Å². The monoisotopic (exact) mass is 587 g/mol. The minimum atomic E-state index is -0.108. The van der Waals surface area contributed by atoms with Crippen LogP contribution in [-0.2, 0) is 28.5 Å². The Balaban J connectivity index is 3.14. The second-order valence-electron chi connectivity index (χ2n) is 11.5. The molecular formula is C35H70O6. The van der Waals surface area contributed by atoms with Crippen LogP contribution in [0.4, 0.5) is 0 Å². The molecule has 0 aromatic heterocycles. The molecule has 0 aliphatic rings. The Bertz CT molecular complexity index is 487. The molecule has 0 unspecified atom stereocenters. The van der Waals surface area contributed by atoms with Crippen LogP contribution in [0.25, 0.3) is 0 Å². The van der Waals surface area contributed by atoms with Gasteiger partial charge in [0.05, 0.1) is 46.2 Å². The standard InChI is InChI=1S/C35H70O6/c1-3-5-7-9-11-12-13-14-15-16-17-19-21-23-28-41-35(36)25-24-27-38-30-32-40-34-33-39-31-29-37-26-22-20-18-10-8-6-4-2/h3-34H2,1-2H3. The fraction of sp³-hybridized carbons (Fsp3) is 0.971. The Hall–Kier alpha value is -0.690. The van der Waals surface area contributed by atoms with E-state index in [9.17, 15) is 4.79 Å². The molecule has 0 bridgehead atoms. The lowest BCUT2D eigenvalue weighted by Gasteiger charge is -2.08. The van der Waals surface area contributed by atoms with Crippen LogP contribution in [-0.4, -0.2) is 65.4 Å². The van der Waals surface area contributed by atoms with Crippen LogP contribution in [0.3, 0.4) is 0 Å². The number of carbonyl (C=O) groups is 1. The number of carbonyl (C=O) groups excluding carboxylic acids is 1. The van der Waals surface area contributed by atoms with Crippen molar-refractivity contribution < 1.29 is 28.5 Å². The first-order chi connectivity index (χ1) is 20.3. The maximum atomic E-state index is 11.8. The van der Waals surface area contributed by atoms with Gasteiger partial charge in [-0.2, -0.15) is 0 Å². The normalized spacial score (nSPS) is 11.4. The highest BCUT2D eigenvalue weighted by Gasteiger charge is 2.03. The lowest BCUT2D eigenvalue weighted by molar-refractivity contribution is -0.144. The molecule has 0 aliphatic carbocycles. The van der Waals surface area contributed by atoms with Crippen LogP contribution in [0.15, 0.2) is 0 Å². The molecular weight excluding hydrogens is 516 g/mol. The summed E-state index contributed by atoms with van der Waals surface area (Å²) in [6.45, 7) is 9.97. The summed E-state index contributed by atoms with van der Waals surface area (Å²) in [5, 5.41) is 0. The highest BCUT2D eigenvalue weighted by molar-refractivity contribution is 5.69. The Morgan fingerprint density at radius 2 is 0.634 bits per heavy atom. The average molecular weight is 587 g/mol. The molecule has 0 N–H and O–H groups in total. The van der Waals surface area contributed by atoms with E-state index < -0.39 is 0 Å². The van der Waals surface area contributed by atoms with Crippen LogP contribution in [0.1, 0.15) is 162 Å². The minimum absolute atomic E-state index is 0.108. The molecule has 0 rings (SSSR count). The van der Waals surface area contributed by atoms with Crippen molar-refractivity contribution in [3.8, 4) is 0 Å². The van der Waals surface area contributed by atoms with Crippen LogP contribution in [0.2, 0.25) is 0 Å². The van der Waals surface area contributed by atoms with Crippen LogP contribution >= 0.6 is 0 Å². The van der Waals surface area contributed by atoms with E-state index in [2.05, 4.69) is 13.8 Å². The summed E-state index contributed by atoms with van der Waals surface area (Å²) in [6, 6.07) is 0. The topological polar surface area (TPSA) is 63.2 Å². The Labute approximate surface area is 255 Å². The third-order valence-corrected chi connectivity index (χ3v) is 7.44. The van der Waals surface area contributed by atoms with Gasteiger partial charge in [-0.1, -0.05) is 136 Å². The highest BCUT2D eigenvalue weighted by atomic mass is 16.6. The summed E-state index contributed by atoms with van der Waals surface area (Å²) >= 11 is 0. The van der Waals surface area contributed by atoms with Gasteiger partial charge in [0.25, 0.3) is 0 Å². The number of rotatable bonds is 36. The van der Waals surface area contributed by atoms with Crippen molar-refractivity contribution >= 4 is 5.97 Å². The molecule has 0 spiro atoms. The van der Waals surface area contributed by atoms with E-state index in [1.54, 1.807) is 0 Å². The fourth-order valence-electron chi connectivity index (χ4n) is 4.80. The Kier molecular flexibility index (Phi) is 36.7. The van der Waals surface area contributed by atoms with E-state index >= 15 is 0 Å². The van der Waals surface area contributed by atoms with Crippen LogP contribution in [0, 0.1) is 0 Å². The minimum Gasteiger partial charge on any atom is -0.466 e. The molecule has 0 saturated carbocycles. The first kappa shape index (κ1) is 40.3. The predicted octanol–water partition coefficient (Wildman–Crippen LogP) is 9.61. The van der Waals surface area contributed by atoms with Crippen molar-refractivity contribution in [3.05, 3.63) is 0 Å². The molecule has 41 heavy (non-hydrogen) atoms. The van der Waals surface area contributed by atoms with Crippen molar-refractivity contribution in [2.75, 3.05) is 59.5 Å². The van der Waals surface area contributed by atoms with E-state index in [0.717, 1.165) is 25.9 Å². The molecule has 0 aromatic rings. The number of ether oxygens (including phenoxy) is 5. The Morgan fingerprint density at radius 1 is 0.341 bits per heavy atom. The van der Waals surface area contributed by atoms with Crippen molar-refractivity contribution in [3.63, 3.8) is 0 Å². The fourth-order valence-corrected chi connectivity index (χ4v) is 4.80. The average Bonchev–Trinajstić information content (AvgIpc) is 2.98. The SMILES string of the molecule is CCCCCCCCCCCCCCCCOC(=O)CCCOCCOCCOCCOCCCCCCCCC. The first-order valence-corrected chi connectivity index (χ1v) is 17.8. The van der Waals surface area contributed by atoms with Gasteiger partial charge in [0.15, 0.2) is 0 Å². The quantitative estimate of drug-likeness (QED) is 0.0538. The molecule has 0 aromatic carbocycles. The van der Waals surface area contributed by atoms with Crippen molar-refractivity contribution in [2.24, 2.45) is 0 Å². The van der Waals surface area contributed by atoms with E-state index in [-0.39, 0.29) is 5.97 Å². The zero-order valence-corrected chi connectivity index (χ0v) is 27.6. The van der Waals surface area contributed by atoms with Gasteiger partial charge >= 0.3 is 5.97 Å². The summed E-state index contributed by atoms with van der Waals surface area (Å²) in [5.41, 5.74) is 0. The molecule has 0 atom stereocenters. The molecule has 0 aliphatic heterocycles. The smallest absolute Gasteiger partial charge is 0.305 e. The molecule has 6 nitrogen and oxygen atoms in total. The second kappa shape index (κ2) is 37.3. The van der Waals surface area contributed by atoms with Gasteiger partial charge in [0.2, 0.25) is 0 Å². The van der Waals surface area contributed by atoms with Gasteiger partial charge in [0, 0.05) is 19.6 Å². The van der Waals surface area contributed by atoms with Crippen molar-refractivity contribution in [2.45, 2.75) is 162 Å². The molecule has 6 heteroatoms. The molecule has 0 amide bonds. The maximum absolute atomic E-state index is 11.8. The van der Waals surface area contributed by atoms with Crippen molar-refractivity contribution in [1.29, 1.82) is 0 Å². The third-order valence-electron chi connectivity index (χ3n) is 7.44. The lowest BCUT2D eigenvalue weighted by Crippen LogP contribution is -2.12. The Morgan fingerprint density at radius 3 is 1.02 bits per heavy atom. The summed E-state index contributed by atoms with van der Waals surface area (Å²) < 4.78 is 27.5. The molecule has 0 fully saturated rings. The van der Waals surface area contributed by atoms with Gasteiger partial charge in [0.1, 0.15) is 0 Å². The van der Waals surface area contributed by atoms with Crippen molar-refractivity contribution in [1.82, 2.24) is 0 Å². The molecule has 0 saturated heterocycles. The molecule has 0 radical (unpaired) electrons. The summed E-state index contributed by atoms with van der Waals surface area (Å²) in [7, 11) is 0. The number of unbranched alkanes of at least 4 members (excludes halogenated alkanes) is 19. The zero-order chi connectivity index (χ0) is 29.7. The second-order valence-corrected chi connectivity index (χ2v) is 11.5. The highest BCUT2D eigenvalue weighted by Crippen LogP contribution is 2.13. The summed E-state index contributed by atoms with van der Waals surface area (Å²) in [4.78, 5) is 11.8. The third kappa shape index (κ3) is 37.3. The summed E-state index contributed by atoms with van der Waals surface area (Å²) in [5.74, 6) is -0.108. The predicted molar refractivity (Wildman–Crippen MR) is 172 cm³/mol. The van der Waals surface area contributed by atoms with E-state index in [0.29, 0.717) is 65.7 Å².